The number of likely N-dealkylation sites (tertiary alicyclic amines) is 1. The molecule has 2 saturated heterocycles. The van der Waals surface area contributed by atoms with Gasteiger partial charge in [-0.15, -0.1) is 0 Å². The van der Waals surface area contributed by atoms with Crippen LogP contribution >= 0.6 is 0 Å². The number of hydrogen-bond donors (Lipinski definition) is 0. The van der Waals surface area contributed by atoms with Gasteiger partial charge in [0.15, 0.2) is 5.78 Å². The van der Waals surface area contributed by atoms with Crippen LogP contribution in [0.25, 0.3) is 0 Å². The molecule has 6 nitrogen and oxygen atoms in total. The van der Waals surface area contributed by atoms with E-state index in [0.29, 0.717) is 5.56 Å². The average Bonchev–Trinajstić information content (AvgIpc) is 3.33. The van der Waals surface area contributed by atoms with Gasteiger partial charge in [-0.25, -0.2) is 0 Å². The molecule has 162 valence electrons. The van der Waals surface area contributed by atoms with Crippen molar-refractivity contribution in [3.8, 4) is 0 Å². The predicted molar refractivity (Wildman–Crippen MR) is 122 cm³/mol. The van der Waals surface area contributed by atoms with Crippen molar-refractivity contribution in [2.75, 3.05) is 0 Å². The second-order valence-electron chi connectivity index (χ2n) is 8.67. The van der Waals surface area contributed by atoms with E-state index in [9.17, 15) is 14.4 Å². The Hall–Kier alpha value is -4.06. The highest BCUT2D eigenvalue weighted by atomic mass is 16.2. The fraction of sp³-hybridized carbons (Fsp3) is 0.185. The quantitative estimate of drug-likeness (QED) is 0.465. The highest BCUT2D eigenvalue weighted by Gasteiger charge is 2.65. The summed E-state index contributed by atoms with van der Waals surface area (Å²) < 4.78 is 0. The summed E-state index contributed by atoms with van der Waals surface area (Å²) in [4.78, 5) is 42.4. The van der Waals surface area contributed by atoms with Gasteiger partial charge in [-0.3, -0.25) is 24.3 Å². The summed E-state index contributed by atoms with van der Waals surface area (Å²) in [5, 5.41) is 6.28. The van der Waals surface area contributed by atoms with Crippen LogP contribution in [0, 0.1) is 11.8 Å². The number of Topliss-reactive ketones (excluding diaryl/α,β-unsaturated/α-hetero) is 1. The zero-order chi connectivity index (χ0) is 22.5. The minimum atomic E-state index is -0.829. The Kier molecular flexibility index (Phi) is 4.47. The van der Waals surface area contributed by atoms with Crippen LogP contribution in [-0.4, -0.2) is 39.8 Å². The van der Waals surface area contributed by atoms with Gasteiger partial charge in [-0.2, -0.15) is 5.10 Å². The van der Waals surface area contributed by atoms with Crippen molar-refractivity contribution in [2.24, 2.45) is 16.9 Å². The Morgan fingerprint density at radius 2 is 1.42 bits per heavy atom. The van der Waals surface area contributed by atoms with Gasteiger partial charge in [-0.1, -0.05) is 84.9 Å². The van der Waals surface area contributed by atoms with Crippen molar-refractivity contribution in [3.05, 3.63) is 107 Å². The normalized spacial score (nSPS) is 25.1. The summed E-state index contributed by atoms with van der Waals surface area (Å²) in [6.07, 6.45) is 1.72. The Bertz CT molecular complexity index is 1290. The number of amides is 2. The van der Waals surface area contributed by atoms with Crippen molar-refractivity contribution >= 4 is 23.8 Å². The van der Waals surface area contributed by atoms with E-state index in [1.807, 2.05) is 60.7 Å². The topological polar surface area (TPSA) is 70.0 Å². The highest BCUT2D eigenvalue weighted by Crippen LogP contribution is 2.52. The Labute approximate surface area is 191 Å². The molecule has 3 aromatic carbocycles. The Morgan fingerprint density at radius 3 is 2.18 bits per heavy atom. The molecule has 0 radical (unpaired) electrons. The van der Waals surface area contributed by atoms with Gasteiger partial charge >= 0.3 is 0 Å². The van der Waals surface area contributed by atoms with Gasteiger partial charge in [0, 0.05) is 5.56 Å². The minimum absolute atomic E-state index is 0.188. The first-order valence-electron chi connectivity index (χ1n) is 11.0. The summed E-state index contributed by atoms with van der Waals surface area (Å²) in [6, 6.07) is 24.9. The molecule has 3 heterocycles. The summed E-state index contributed by atoms with van der Waals surface area (Å²) in [6.45, 7) is 0.204. The first-order valence-corrected chi connectivity index (χ1v) is 11.0. The zero-order valence-corrected chi connectivity index (χ0v) is 17.7. The third-order valence-corrected chi connectivity index (χ3v) is 6.89. The van der Waals surface area contributed by atoms with E-state index in [1.165, 1.54) is 4.90 Å². The molecular weight excluding hydrogens is 414 g/mol. The van der Waals surface area contributed by atoms with E-state index in [4.69, 9.17) is 0 Å². The molecule has 0 saturated carbocycles. The van der Waals surface area contributed by atoms with Crippen LogP contribution in [0.5, 0.6) is 0 Å². The smallest absolute Gasteiger partial charge is 0.236 e. The molecule has 0 unspecified atom stereocenters. The average molecular weight is 435 g/mol. The second-order valence-corrected chi connectivity index (χ2v) is 8.67. The molecule has 4 atom stereocenters. The first-order chi connectivity index (χ1) is 16.1. The van der Waals surface area contributed by atoms with E-state index < -0.39 is 23.9 Å². The van der Waals surface area contributed by atoms with Crippen molar-refractivity contribution in [1.29, 1.82) is 0 Å². The molecule has 3 aliphatic rings. The van der Waals surface area contributed by atoms with Crippen LogP contribution in [-0.2, 0) is 16.1 Å². The van der Waals surface area contributed by atoms with E-state index in [2.05, 4.69) is 5.10 Å². The van der Waals surface area contributed by atoms with Crippen molar-refractivity contribution in [3.63, 3.8) is 0 Å². The van der Waals surface area contributed by atoms with Crippen LogP contribution in [0.1, 0.15) is 33.1 Å². The van der Waals surface area contributed by atoms with Crippen LogP contribution in [0.3, 0.4) is 0 Å². The highest BCUT2D eigenvalue weighted by molar-refractivity contribution is 6.12. The maximum Gasteiger partial charge on any atom is 0.236 e. The molecule has 0 aromatic heterocycles. The second kappa shape index (κ2) is 7.52. The molecule has 0 aliphatic carbocycles. The van der Waals surface area contributed by atoms with E-state index >= 15 is 0 Å². The van der Waals surface area contributed by atoms with Gasteiger partial charge in [0.25, 0.3) is 0 Å². The van der Waals surface area contributed by atoms with Crippen molar-refractivity contribution in [1.82, 2.24) is 9.91 Å². The lowest BCUT2D eigenvalue weighted by Crippen LogP contribution is -2.44. The molecule has 3 aromatic rings. The number of hydrazone groups is 1. The SMILES string of the molecule is O=C(c1ccccc1)[C@@H]1[C@@H]2C(=O)N(Cc3ccccc3)C(=O)[C@@H]2[C@@H]2c3ccccc3C=NN12. The summed E-state index contributed by atoms with van der Waals surface area (Å²) in [5.74, 6) is -2.16. The number of carbonyl (C=O) groups is 3. The maximum atomic E-state index is 13.7. The minimum Gasteiger partial charge on any atom is -0.292 e. The van der Waals surface area contributed by atoms with Crippen LogP contribution in [0.15, 0.2) is 90.0 Å². The maximum absolute atomic E-state index is 13.7. The van der Waals surface area contributed by atoms with Crippen molar-refractivity contribution < 1.29 is 14.4 Å². The molecule has 0 N–H and O–H groups in total. The standard InChI is InChI=1S/C27H21N3O3/c31-25(18-11-5-2-6-12-18)24-22-21(23-20-14-8-7-13-19(20)15-28-30(23)24)26(32)29(27(22)33)16-17-9-3-1-4-10-17/h1-15,21-24H,16H2/t21-,22+,23-,24-/m0/s1. The number of rotatable bonds is 4. The lowest BCUT2D eigenvalue weighted by Gasteiger charge is -2.33. The summed E-state index contributed by atoms with van der Waals surface area (Å²) in [5.41, 5.74) is 3.22. The van der Waals surface area contributed by atoms with E-state index in [-0.39, 0.29) is 24.1 Å². The third kappa shape index (κ3) is 2.94. The van der Waals surface area contributed by atoms with Gasteiger partial charge in [0.1, 0.15) is 6.04 Å². The lowest BCUT2D eigenvalue weighted by atomic mass is 9.83. The molecule has 6 rings (SSSR count). The number of hydrogen-bond acceptors (Lipinski definition) is 5. The Morgan fingerprint density at radius 1 is 0.788 bits per heavy atom. The summed E-state index contributed by atoms with van der Waals surface area (Å²) >= 11 is 0. The van der Waals surface area contributed by atoms with Gasteiger partial charge < -0.3 is 0 Å². The monoisotopic (exact) mass is 435 g/mol. The van der Waals surface area contributed by atoms with E-state index in [1.54, 1.807) is 35.5 Å². The lowest BCUT2D eigenvalue weighted by molar-refractivity contribution is -0.142. The van der Waals surface area contributed by atoms with Crippen LogP contribution in [0.4, 0.5) is 0 Å². The summed E-state index contributed by atoms with van der Waals surface area (Å²) in [7, 11) is 0. The molecule has 3 aliphatic heterocycles. The first kappa shape index (κ1) is 19.6. The molecule has 2 fully saturated rings. The fourth-order valence-corrected chi connectivity index (χ4v) is 5.43. The number of nitrogens with zero attached hydrogens (tertiary/aromatic N) is 3. The number of imide groups is 1. The predicted octanol–water partition coefficient (Wildman–Crippen LogP) is 3.44. The molecule has 0 spiro atoms. The molecular formula is C27H21N3O3. The molecule has 33 heavy (non-hydrogen) atoms. The fourth-order valence-electron chi connectivity index (χ4n) is 5.43. The number of benzene rings is 3. The zero-order valence-electron chi connectivity index (χ0n) is 17.7. The largest absolute Gasteiger partial charge is 0.292 e. The van der Waals surface area contributed by atoms with Crippen LogP contribution < -0.4 is 0 Å². The van der Waals surface area contributed by atoms with Crippen molar-refractivity contribution in [2.45, 2.75) is 18.6 Å². The van der Waals surface area contributed by atoms with Gasteiger partial charge in [0.05, 0.1) is 30.6 Å². The Balaban J connectivity index is 1.45. The number of carbonyl (C=O) groups excluding carboxylic acids is 3. The number of fused-ring (bicyclic) bond motifs is 5. The number of ketones is 1. The van der Waals surface area contributed by atoms with Crippen LogP contribution in [0.2, 0.25) is 0 Å². The molecule has 6 heteroatoms. The molecule has 0 bridgehead atoms. The molecule has 2 amide bonds. The van der Waals surface area contributed by atoms with Gasteiger partial charge in [0.2, 0.25) is 11.8 Å². The van der Waals surface area contributed by atoms with Gasteiger partial charge in [-0.05, 0) is 16.7 Å². The third-order valence-electron chi connectivity index (χ3n) is 6.89. The van der Waals surface area contributed by atoms with E-state index in [0.717, 1.165) is 16.7 Å².